The fraction of sp³-hybridized carbons (Fsp3) is 0.438. The molecule has 3 rings (SSSR count). The average Bonchev–Trinajstić information content (AvgIpc) is 2.95. The number of hydrogen-bond acceptors (Lipinski definition) is 4. The Morgan fingerprint density at radius 1 is 1.19 bits per heavy atom. The summed E-state index contributed by atoms with van der Waals surface area (Å²) in [5.41, 5.74) is 1.50. The van der Waals surface area contributed by atoms with E-state index in [1.165, 1.54) is 18.0 Å². The summed E-state index contributed by atoms with van der Waals surface area (Å²) in [5.74, 6) is 1.11. The zero-order chi connectivity index (χ0) is 14.8. The predicted octanol–water partition coefficient (Wildman–Crippen LogP) is 3.32. The van der Waals surface area contributed by atoms with Crippen LogP contribution in [-0.4, -0.2) is 33.5 Å². The molecule has 5 heteroatoms. The predicted molar refractivity (Wildman–Crippen MR) is 84.2 cm³/mol. The van der Waals surface area contributed by atoms with Crippen molar-refractivity contribution in [3.05, 3.63) is 36.0 Å². The molecule has 2 heterocycles. The van der Waals surface area contributed by atoms with E-state index in [1.54, 1.807) is 0 Å². The fourth-order valence-corrected chi connectivity index (χ4v) is 3.75. The molecule has 1 aliphatic rings. The number of likely N-dealkylation sites (tertiary alicyclic amines) is 1. The normalized spacial score (nSPS) is 22.3. The van der Waals surface area contributed by atoms with Crippen LogP contribution in [0.1, 0.15) is 30.8 Å². The second-order valence-electron chi connectivity index (χ2n) is 5.97. The van der Waals surface area contributed by atoms with Gasteiger partial charge in [0, 0.05) is 13.1 Å². The minimum absolute atomic E-state index is 0.0148. The summed E-state index contributed by atoms with van der Waals surface area (Å²) in [7, 11) is 0. The van der Waals surface area contributed by atoms with E-state index in [9.17, 15) is 4.79 Å². The summed E-state index contributed by atoms with van der Waals surface area (Å²) in [6, 6.07) is 9.89. The Morgan fingerprint density at radius 3 is 2.52 bits per heavy atom. The van der Waals surface area contributed by atoms with Crippen molar-refractivity contribution >= 4 is 17.4 Å². The third-order valence-electron chi connectivity index (χ3n) is 3.88. The van der Waals surface area contributed by atoms with Gasteiger partial charge < -0.3 is 4.90 Å². The summed E-state index contributed by atoms with van der Waals surface area (Å²) in [6.45, 7) is 6.03. The van der Waals surface area contributed by atoms with Crippen LogP contribution in [0, 0.1) is 11.8 Å². The quantitative estimate of drug-likeness (QED) is 0.855. The van der Waals surface area contributed by atoms with E-state index >= 15 is 0 Å². The monoisotopic (exact) mass is 301 g/mol. The Kier molecular flexibility index (Phi) is 4.01. The van der Waals surface area contributed by atoms with Crippen molar-refractivity contribution in [3.8, 4) is 10.4 Å². The van der Waals surface area contributed by atoms with Gasteiger partial charge in [-0.05, 0) is 35.4 Å². The molecule has 4 nitrogen and oxygen atoms in total. The van der Waals surface area contributed by atoms with Gasteiger partial charge in [0.15, 0.2) is 5.69 Å². The molecule has 0 saturated carbocycles. The molecule has 0 spiro atoms. The van der Waals surface area contributed by atoms with Crippen LogP contribution in [0.4, 0.5) is 0 Å². The third-order valence-corrected chi connectivity index (χ3v) is 4.66. The zero-order valence-electron chi connectivity index (χ0n) is 12.3. The van der Waals surface area contributed by atoms with Crippen molar-refractivity contribution < 1.29 is 4.79 Å². The molecular formula is C16H19N3OS. The van der Waals surface area contributed by atoms with Gasteiger partial charge >= 0.3 is 0 Å². The molecule has 1 fully saturated rings. The first-order valence-electron chi connectivity index (χ1n) is 7.32. The molecule has 0 N–H and O–H groups in total. The molecular weight excluding hydrogens is 282 g/mol. The maximum absolute atomic E-state index is 12.8. The van der Waals surface area contributed by atoms with Crippen molar-refractivity contribution in [2.75, 3.05) is 13.1 Å². The van der Waals surface area contributed by atoms with Gasteiger partial charge in [-0.3, -0.25) is 4.79 Å². The average molecular weight is 301 g/mol. The molecule has 2 aromatic rings. The van der Waals surface area contributed by atoms with Gasteiger partial charge in [-0.15, -0.1) is 5.10 Å². The summed E-state index contributed by atoms with van der Waals surface area (Å²) < 4.78 is 4.00. The molecule has 110 valence electrons. The molecule has 0 radical (unpaired) electrons. The smallest absolute Gasteiger partial charge is 0.275 e. The van der Waals surface area contributed by atoms with E-state index < -0.39 is 0 Å². The highest BCUT2D eigenvalue weighted by Crippen LogP contribution is 2.28. The Balaban J connectivity index is 1.88. The molecule has 0 aliphatic carbocycles. The lowest BCUT2D eigenvalue weighted by Gasteiger charge is -2.34. The molecule has 21 heavy (non-hydrogen) atoms. The van der Waals surface area contributed by atoms with E-state index in [4.69, 9.17) is 0 Å². The maximum atomic E-state index is 12.8. The molecule has 1 amide bonds. The minimum atomic E-state index is 0.0148. The van der Waals surface area contributed by atoms with Crippen LogP contribution in [0.2, 0.25) is 0 Å². The highest BCUT2D eigenvalue weighted by Gasteiger charge is 2.29. The number of benzene rings is 1. The maximum Gasteiger partial charge on any atom is 0.275 e. The lowest BCUT2D eigenvalue weighted by Crippen LogP contribution is -2.42. The second-order valence-corrected chi connectivity index (χ2v) is 6.73. The fourth-order valence-electron chi connectivity index (χ4n) is 3.09. The van der Waals surface area contributed by atoms with Gasteiger partial charge in [-0.2, -0.15) is 0 Å². The lowest BCUT2D eigenvalue weighted by atomic mass is 9.91. The first kappa shape index (κ1) is 14.2. The van der Waals surface area contributed by atoms with Gasteiger partial charge in [0.05, 0.1) is 4.88 Å². The van der Waals surface area contributed by atoms with Gasteiger partial charge in [0.1, 0.15) is 0 Å². The topological polar surface area (TPSA) is 46.1 Å². The number of carbonyl (C=O) groups is 1. The zero-order valence-corrected chi connectivity index (χ0v) is 13.1. The third kappa shape index (κ3) is 2.97. The van der Waals surface area contributed by atoms with Crippen LogP contribution in [0.15, 0.2) is 30.3 Å². The molecule has 1 aliphatic heterocycles. The van der Waals surface area contributed by atoms with Gasteiger partial charge in [0.25, 0.3) is 5.91 Å². The Labute approximate surface area is 129 Å². The summed E-state index contributed by atoms with van der Waals surface area (Å²) in [6.07, 6.45) is 1.19. The summed E-state index contributed by atoms with van der Waals surface area (Å²) in [4.78, 5) is 15.6. The van der Waals surface area contributed by atoms with Crippen LogP contribution in [-0.2, 0) is 0 Å². The Hall–Kier alpha value is -1.75. The van der Waals surface area contributed by atoms with Crippen LogP contribution < -0.4 is 0 Å². The van der Waals surface area contributed by atoms with Crippen molar-refractivity contribution in [2.24, 2.45) is 11.8 Å². The van der Waals surface area contributed by atoms with Crippen molar-refractivity contribution in [2.45, 2.75) is 20.3 Å². The molecule has 2 atom stereocenters. The van der Waals surface area contributed by atoms with Crippen LogP contribution in [0.25, 0.3) is 10.4 Å². The largest absolute Gasteiger partial charge is 0.337 e. The number of nitrogens with zero attached hydrogens (tertiary/aromatic N) is 3. The first-order valence-corrected chi connectivity index (χ1v) is 8.09. The Bertz CT molecular complexity index is 615. The first-order chi connectivity index (χ1) is 10.1. The highest BCUT2D eigenvalue weighted by molar-refractivity contribution is 7.09. The Morgan fingerprint density at radius 2 is 1.86 bits per heavy atom. The number of amides is 1. The van der Waals surface area contributed by atoms with Crippen molar-refractivity contribution in [1.82, 2.24) is 14.5 Å². The van der Waals surface area contributed by atoms with Gasteiger partial charge in [-0.1, -0.05) is 48.7 Å². The molecule has 1 aromatic heterocycles. The van der Waals surface area contributed by atoms with Gasteiger partial charge in [0.2, 0.25) is 0 Å². The molecule has 0 bridgehead atoms. The van der Waals surface area contributed by atoms with Crippen LogP contribution in [0.5, 0.6) is 0 Å². The van der Waals surface area contributed by atoms with Crippen molar-refractivity contribution in [3.63, 3.8) is 0 Å². The molecule has 1 saturated heterocycles. The van der Waals surface area contributed by atoms with Gasteiger partial charge in [-0.25, -0.2) is 0 Å². The van der Waals surface area contributed by atoms with Crippen LogP contribution >= 0.6 is 11.5 Å². The van der Waals surface area contributed by atoms with E-state index in [0.29, 0.717) is 17.5 Å². The standard InChI is InChI=1S/C16H19N3OS/c1-11-8-12(2)10-19(9-11)16(20)14-15(21-18-17-14)13-6-4-3-5-7-13/h3-7,11-12H,8-10H2,1-2H3/t11-,12-/m0/s1. The number of piperidine rings is 1. The second kappa shape index (κ2) is 5.93. The van der Waals surface area contributed by atoms with E-state index in [1.807, 2.05) is 35.2 Å². The molecule has 1 aromatic carbocycles. The van der Waals surface area contributed by atoms with E-state index in [-0.39, 0.29) is 5.91 Å². The SMILES string of the molecule is C[C@H]1C[C@H](C)CN(C(=O)c2nnsc2-c2ccccc2)C1. The van der Waals surface area contributed by atoms with Crippen LogP contribution in [0.3, 0.4) is 0 Å². The van der Waals surface area contributed by atoms with E-state index in [2.05, 4.69) is 23.4 Å². The summed E-state index contributed by atoms with van der Waals surface area (Å²) >= 11 is 1.29. The minimum Gasteiger partial charge on any atom is -0.337 e. The number of hydrogen-bond donors (Lipinski definition) is 0. The number of rotatable bonds is 2. The highest BCUT2D eigenvalue weighted by atomic mass is 32.1. The number of carbonyl (C=O) groups excluding carboxylic acids is 1. The lowest BCUT2D eigenvalue weighted by molar-refractivity contribution is 0.0618. The number of aromatic nitrogens is 2. The summed E-state index contributed by atoms with van der Waals surface area (Å²) in [5, 5.41) is 4.10. The van der Waals surface area contributed by atoms with Crippen molar-refractivity contribution in [1.29, 1.82) is 0 Å². The molecule has 0 unspecified atom stereocenters. The van der Waals surface area contributed by atoms with E-state index in [0.717, 1.165) is 23.5 Å².